The molecule has 2 rings (SSSR count). The third-order valence-corrected chi connectivity index (χ3v) is 2.65. The normalized spacial score (nSPS) is 11.6. The van der Waals surface area contributed by atoms with E-state index in [4.69, 9.17) is 15.2 Å². The van der Waals surface area contributed by atoms with Crippen LogP contribution < -0.4 is 10.5 Å². The maximum atomic E-state index is 12.0. The number of carbonyl (C=O) groups excluding carboxylic acids is 1. The highest BCUT2D eigenvalue weighted by atomic mass is 16.6. The number of carbonyl (C=O) groups is 1. The number of aromatic nitrogens is 1. The van der Waals surface area contributed by atoms with E-state index in [2.05, 4.69) is 4.98 Å². The summed E-state index contributed by atoms with van der Waals surface area (Å²) >= 11 is 0. The number of hydrogen-bond acceptors (Lipinski definition) is 4. The second-order valence-electron chi connectivity index (χ2n) is 5.33. The summed E-state index contributed by atoms with van der Waals surface area (Å²) in [6, 6.07) is 5.41. The van der Waals surface area contributed by atoms with E-state index in [0.29, 0.717) is 11.4 Å². The fourth-order valence-electron chi connectivity index (χ4n) is 1.81. The molecular weight excluding hydrogens is 244 g/mol. The van der Waals surface area contributed by atoms with Crippen LogP contribution in [0.3, 0.4) is 0 Å². The fraction of sp³-hybridized carbons (Fsp3) is 0.357. The Balaban J connectivity index is 2.45. The molecule has 0 aliphatic carbocycles. The van der Waals surface area contributed by atoms with E-state index in [0.717, 1.165) is 10.9 Å². The van der Waals surface area contributed by atoms with Crippen LogP contribution in [0.4, 0.5) is 5.69 Å². The van der Waals surface area contributed by atoms with Gasteiger partial charge in [-0.1, -0.05) is 0 Å². The molecule has 1 aromatic heterocycles. The number of hydrogen-bond donors (Lipinski definition) is 2. The second kappa shape index (κ2) is 4.50. The molecule has 5 heteroatoms. The van der Waals surface area contributed by atoms with Gasteiger partial charge in [0.2, 0.25) is 0 Å². The fourth-order valence-corrected chi connectivity index (χ4v) is 1.81. The minimum atomic E-state index is -0.557. The van der Waals surface area contributed by atoms with Gasteiger partial charge in [0.15, 0.2) is 0 Å². The second-order valence-corrected chi connectivity index (χ2v) is 5.33. The molecule has 1 aromatic carbocycles. The highest BCUT2D eigenvalue weighted by molar-refractivity contribution is 6.05. The van der Waals surface area contributed by atoms with Crippen molar-refractivity contribution in [2.24, 2.45) is 0 Å². The Bertz CT molecular complexity index is 623. The van der Waals surface area contributed by atoms with Crippen molar-refractivity contribution in [3.63, 3.8) is 0 Å². The molecular formula is C14H18N2O3. The SMILES string of the molecule is COc1ccc2[nH]c(C(=O)OC(C)(C)C)c(N)c2c1. The van der Waals surface area contributed by atoms with Crippen LogP contribution in [0.2, 0.25) is 0 Å². The van der Waals surface area contributed by atoms with Crippen LogP contribution in [0.1, 0.15) is 31.3 Å². The standard InChI is InChI=1S/C14H18N2O3/c1-14(2,3)19-13(17)12-11(15)9-7-8(18-4)5-6-10(9)16-12/h5-7,16H,15H2,1-4H3. The molecule has 1 heterocycles. The maximum absolute atomic E-state index is 12.0. The average molecular weight is 262 g/mol. The largest absolute Gasteiger partial charge is 0.497 e. The number of ether oxygens (including phenoxy) is 2. The van der Waals surface area contributed by atoms with E-state index in [1.54, 1.807) is 19.2 Å². The third-order valence-electron chi connectivity index (χ3n) is 2.65. The number of fused-ring (bicyclic) bond motifs is 1. The summed E-state index contributed by atoms with van der Waals surface area (Å²) in [5.41, 5.74) is 6.87. The van der Waals surface area contributed by atoms with Crippen LogP contribution in [-0.2, 0) is 4.74 Å². The lowest BCUT2D eigenvalue weighted by Crippen LogP contribution is -2.24. The number of nitrogens with two attached hydrogens (primary N) is 1. The predicted molar refractivity (Wildman–Crippen MR) is 74.4 cm³/mol. The van der Waals surface area contributed by atoms with E-state index in [-0.39, 0.29) is 5.69 Å². The molecule has 0 atom stereocenters. The lowest BCUT2D eigenvalue weighted by atomic mass is 10.2. The Morgan fingerprint density at radius 1 is 1.32 bits per heavy atom. The molecule has 0 saturated carbocycles. The van der Waals surface area contributed by atoms with E-state index in [9.17, 15) is 4.79 Å². The van der Waals surface area contributed by atoms with Gasteiger partial charge in [-0.2, -0.15) is 0 Å². The molecule has 102 valence electrons. The summed E-state index contributed by atoms with van der Waals surface area (Å²) in [6.45, 7) is 5.44. The Morgan fingerprint density at radius 3 is 2.58 bits per heavy atom. The van der Waals surface area contributed by atoms with Crippen molar-refractivity contribution >= 4 is 22.6 Å². The molecule has 0 spiro atoms. The van der Waals surface area contributed by atoms with Gasteiger partial charge in [0, 0.05) is 10.9 Å². The topological polar surface area (TPSA) is 77.3 Å². The summed E-state index contributed by atoms with van der Waals surface area (Å²) < 4.78 is 10.5. The lowest BCUT2D eigenvalue weighted by molar-refractivity contribution is 0.00652. The Labute approximate surface area is 111 Å². The van der Waals surface area contributed by atoms with Gasteiger partial charge in [-0.25, -0.2) is 4.79 Å². The molecule has 0 unspecified atom stereocenters. The van der Waals surface area contributed by atoms with E-state index >= 15 is 0 Å². The van der Waals surface area contributed by atoms with E-state index < -0.39 is 11.6 Å². The molecule has 0 aliphatic heterocycles. The third kappa shape index (κ3) is 2.65. The molecule has 0 fully saturated rings. The van der Waals surface area contributed by atoms with Crippen molar-refractivity contribution < 1.29 is 14.3 Å². The first kappa shape index (κ1) is 13.3. The van der Waals surface area contributed by atoms with Crippen molar-refractivity contribution in [2.75, 3.05) is 12.8 Å². The number of nitrogen functional groups attached to an aromatic ring is 1. The first-order chi connectivity index (χ1) is 8.81. The number of esters is 1. The van der Waals surface area contributed by atoms with Gasteiger partial charge < -0.3 is 20.2 Å². The number of nitrogens with one attached hydrogen (secondary N) is 1. The van der Waals surface area contributed by atoms with Crippen LogP contribution in [0.25, 0.3) is 10.9 Å². The molecule has 2 aromatic rings. The Kier molecular flexibility index (Phi) is 3.14. The highest BCUT2D eigenvalue weighted by Gasteiger charge is 2.22. The minimum absolute atomic E-state index is 0.276. The summed E-state index contributed by atoms with van der Waals surface area (Å²) in [7, 11) is 1.58. The minimum Gasteiger partial charge on any atom is -0.497 e. The van der Waals surface area contributed by atoms with Crippen molar-refractivity contribution in [1.82, 2.24) is 4.98 Å². The number of anilines is 1. The van der Waals surface area contributed by atoms with E-state index in [1.807, 2.05) is 26.8 Å². The van der Waals surface area contributed by atoms with Crippen LogP contribution in [-0.4, -0.2) is 23.7 Å². The monoisotopic (exact) mass is 262 g/mol. The first-order valence-electron chi connectivity index (χ1n) is 6.00. The zero-order valence-electron chi connectivity index (χ0n) is 11.5. The van der Waals surface area contributed by atoms with Gasteiger partial charge in [-0.05, 0) is 39.0 Å². The van der Waals surface area contributed by atoms with Crippen LogP contribution in [0.5, 0.6) is 5.75 Å². The Hall–Kier alpha value is -2.17. The summed E-state index contributed by atoms with van der Waals surface area (Å²) in [5, 5.41) is 0.750. The number of benzene rings is 1. The molecule has 0 aliphatic rings. The van der Waals surface area contributed by atoms with Crippen molar-refractivity contribution in [1.29, 1.82) is 0 Å². The van der Waals surface area contributed by atoms with Gasteiger partial charge in [-0.15, -0.1) is 0 Å². The summed E-state index contributed by atoms with van der Waals surface area (Å²) in [5.74, 6) is 0.231. The van der Waals surface area contributed by atoms with Gasteiger partial charge >= 0.3 is 5.97 Å². The number of methoxy groups -OCH3 is 1. The smallest absolute Gasteiger partial charge is 0.357 e. The summed E-state index contributed by atoms with van der Waals surface area (Å²) in [4.78, 5) is 15.0. The lowest BCUT2D eigenvalue weighted by Gasteiger charge is -2.19. The average Bonchev–Trinajstić information content (AvgIpc) is 2.64. The Morgan fingerprint density at radius 2 is 2.00 bits per heavy atom. The van der Waals surface area contributed by atoms with Gasteiger partial charge in [-0.3, -0.25) is 0 Å². The van der Waals surface area contributed by atoms with Crippen LogP contribution >= 0.6 is 0 Å². The van der Waals surface area contributed by atoms with E-state index in [1.165, 1.54) is 0 Å². The molecule has 0 bridgehead atoms. The van der Waals surface area contributed by atoms with Crippen molar-refractivity contribution in [2.45, 2.75) is 26.4 Å². The molecule has 0 amide bonds. The van der Waals surface area contributed by atoms with Crippen molar-refractivity contribution in [3.8, 4) is 5.75 Å². The van der Waals surface area contributed by atoms with Gasteiger partial charge in [0.25, 0.3) is 0 Å². The molecule has 19 heavy (non-hydrogen) atoms. The first-order valence-corrected chi connectivity index (χ1v) is 6.00. The van der Waals surface area contributed by atoms with Crippen LogP contribution in [0.15, 0.2) is 18.2 Å². The maximum Gasteiger partial charge on any atom is 0.357 e. The number of rotatable bonds is 2. The van der Waals surface area contributed by atoms with Gasteiger partial charge in [0.05, 0.1) is 12.8 Å². The molecule has 5 nitrogen and oxygen atoms in total. The predicted octanol–water partition coefficient (Wildman–Crippen LogP) is 2.71. The van der Waals surface area contributed by atoms with Gasteiger partial charge in [0.1, 0.15) is 17.0 Å². The number of H-pyrrole nitrogens is 1. The zero-order chi connectivity index (χ0) is 14.2. The van der Waals surface area contributed by atoms with Crippen LogP contribution in [0, 0.1) is 0 Å². The molecule has 0 saturated heterocycles. The quantitative estimate of drug-likeness (QED) is 0.816. The highest BCUT2D eigenvalue weighted by Crippen LogP contribution is 2.29. The molecule has 0 radical (unpaired) electrons. The van der Waals surface area contributed by atoms with Crippen molar-refractivity contribution in [3.05, 3.63) is 23.9 Å². The summed E-state index contributed by atoms with van der Waals surface area (Å²) in [6.07, 6.45) is 0. The zero-order valence-corrected chi connectivity index (χ0v) is 11.5. The number of aromatic amines is 1. The molecule has 3 N–H and O–H groups in total.